The standard InChI is InChI=1S/C15H16N2O4/c1-3-14(20)16-9-12(19)11-6-8-17-7-4-5-13(15(11)17)21-10(2)18/h4-8H,3,9H2,1-2H3,(H,16,20). The van der Waals surface area contributed by atoms with Crippen molar-refractivity contribution in [3.63, 3.8) is 0 Å². The van der Waals surface area contributed by atoms with Crippen molar-refractivity contribution in [2.24, 2.45) is 0 Å². The van der Waals surface area contributed by atoms with Crippen molar-refractivity contribution in [3.05, 3.63) is 36.2 Å². The summed E-state index contributed by atoms with van der Waals surface area (Å²) in [6.07, 6.45) is 3.78. The van der Waals surface area contributed by atoms with Gasteiger partial charge in [-0.3, -0.25) is 14.4 Å². The van der Waals surface area contributed by atoms with Crippen molar-refractivity contribution in [2.75, 3.05) is 6.54 Å². The van der Waals surface area contributed by atoms with E-state index in [0.29, 0.717) is 23.3 Å². The van der Waals surface area contributed by atoms with Gasteiger partial charge in [0, 0.05) is 31.3 Å². The summed E-state index contributed by atoms with van der Waals surface area (Å²) in [6, 6.07) is 4.99. The minimum Gasteiger partial charge on any atom is -0.424 e. The lowest BCUT2D eigenvalue weighted by Gasteiger charge is -2.07. The molecule has 0 fully saturated rings. The SMILES string of the molecule is CCC(=O)NCC(=O)c1ccn2cccc(OC(C)=O)c12. The number of nitrogens with one attached hydrogen (secondary N) is 1. The number of hydrogen-bond acceptors (Lipinski definition) is 4. The van der Waals surface area contributed by atoms with Gasteiger partial charge in [0.15, 0.2) is 11.5 Å². The number of ether oxygens (including phenoxy) is 1. The number of Topliss-reactive ketones (excluding diaryl/α,β-unsaturated/α-hetero) is 1. The molecule has 0 aliphatic heterocycles. The zero-order valence-electron chi connectivity index (χ0n) is 11.9. The zero-order chi connectivity index (χ0) is 15.4. The average Bonchev–Trinajstić information content (AvgIpc) is 2.89. The molecule has 0 aliphatic rings. The van der Waals surface area contributed by atoms with Crippen LogP contribution >= 0.6 is 0 Å². The summed E-state index contributed by atoms with van der Waals surface area (Å²) < 4.78 is 6.83. The number of hydrogen-bond donors (Lipinski definition) is 1. The second kappa shape index (κ2) is 6.21. The summed E-state index contributed by atoms with van der Waals surface area (Å²) >= 11 is 0. The summed E-state index contributed by atoms with van der Waals surface area (Å²) in [5.74, 6) is -0.562. The summed E-state index contributed by atoms with van der Waals surface area (Å²) in [7, 11) is 0. The highest BCUT2D eigenvalue weighted by Gasteiger charge is 2.16. The number of ketones is 1. The van der Waals surface area contributed by atoms with Gasteiger partial charge in [-0.2, -0.15) is 0 Å². The number of pyridine rings is 1. The third kappa shape index (κ3) is 3.28. The Balaban J connectivity index is 2.33. The average molecular weight is 288 g/mol. The van der Waals surface area contributed by atoms with Gasteiger partial charge in [0.25, 0.3) is 0 Å². The monoisotopic (exact) mass is 288 g/mol. The van der Waals surface area contributed by atoms with E-state index in [1.165, 1.54) is 6.92 Å². The van der Waals surface area contributed by atoms with Gasteiger partial charge in [-0.25, -0.2) is 0 Å². The van der Waals surface area contributed by atoms with Gasteiger partial charge in [-0.05, 0) is 18.2 Å². The van der Waals surface area contributed by atoms with E-state index in [4.69, 9.17) is 4.74 Å². The van der Waals surface area contributed by atoms with Crippen molar-refractivity contribution in [2.45, 2.75) is 20.3 Å². The van der Waals surface area contributed by atoms with Gasteiger partial charge in [0.1, 0.15) is 0 Å². The molecule has 6 heteroatoms. The number of carbonyl (C=O) groups is 3. The van der Waals surface area contributed by atoms with E-state index in [-0.39, 0.29) is 18.2 Å². The minimum absolute atomic E-state index is 0.0826. The van der Waals surface area contributed by atoms with E-state index < -0.39 is 5.97 Å². The highest BCUT2D eigenvalue weighted by molar-refractivity contribution is 6.06. The van der Waals surface area contributed by atoms with Crippen LogP contribution in [0.2, 0.25) is 0 Å². The van der Waals surface area contributed by atoms with Crippen LogP contribution in [0.25, 0.3) is 5.52 Å². The largest absolute Gasteiger partial charge is 0.424 e. The van der Waals surface area contributed by atoms with E-state index in [2.05, 4.69) is 5.32 Å². The molecule has 1 amide bonds. The molecule has 0 aliphatic carbocycles. The Hall–Kier alpha value is -2.63. The zero-order valence-corrected chi connectivity index (χ0v) is 11.9. The van der Waals surface area contributed by atoms with Crippen LogP contribution in [0.3, 0.4) is 0 Å². The van der Waals surface area contributed by atoms with Crippen LogP contribution in [0.4, 0.5) is 0 Å². The van der Waals surface area contributed by atoms with Crippen LogP contribution in [-0.2, 0) is 9.59 Å². The van der Waals surface area contributed by atoms with Crippen LogP contribution < -0.4 is 10.1 Å². The lowest BCUT2D eigenvalue weighted by Crippen LogP contribution is -2.28. The van der Waals surface area contributed by atoms with E-state index in [1.54, 1.807) is 41.9 Å². The molecule has 110 valence electrons. The minimum atomic E-state index is -0.456. The summed E-state index contributed by atoms with van der Waals surface area (Å²) in [5.41, 5.74) is 0.923. The van der Waals surface area contributed by atoms with E-state index in [9.17, 15) is 14.4 Å². The number of fused-ring (bicyclic) bond motifs is 1. The Kier molecular flexibility index (Phi) is 4.37. The Morgan fingerprint density at radius 2 is 2.00 bits per heavy atom. The first kappa shape index (κ1) is 14.8. The normalized spacial score (nSPS) is 10.4. The summed E-state index contributed by atoms with van der Waals surface area (Å²) in [5, 5.41) is 2.54. The van der Waals surface area contributed by atoms with E-state index in [0.717, 1.165) is 0 Å². The molecule has 0 radical (unpaired) electrons. The van der Waals surface area contributed by atoms with E-state index in [1.807, 2.05) is 0 Å². The fourth-order valence-electron chi connectivity index (χ4n) is 1.99. The molecule has 2 aromatic rings. The van der Waals surface area contributed by atoms with Gasteiger partial charge in [-0.15, -0.1) is 0 Å². The van der Waals surface area contributed by atoms with Crippen molar-refractivity contribution in [3.8, 4) is 5.75 Å². The molecule has 0 bridgehead atoms. The first-order chi connectivity index (χ1) is 10.0. The summed E-state index contributed by atoms with van der Waals surface area (Å²) in [4.78, 5) is 34.6. The maximum Gasteiger partial charge on any atom is 0.308 e. The van der Waals surface area contributed by atoms with Crippen molar-refractivity contribution >= 4 is 23.2 Å². The number of carbonyl (C=O) groups excluding carboxylic acids is 3. The molecular weight excluding hydrogens is 272 g/mol. The number of esters is 1. The molecule has 0 atom stereocenters. The number of rotatable bonds is 5. The van der Waals surface area contributed by atoms with Crippen LogP contribution in [0.5, 0.6) is 5.75 Å². The maximum atomic E-state index is 12.2. The summed E-state index contributed by atoms with van der Waals surface area (Å²) in [6.45, 7) is 2.93. The topological polar surface area (TPSA) is 76.9 Å². The third-order valence-electron chi connectivity index (χ3n) is 2.96. The first-order valence-electron chi connectivity index (χ1n) is 6.61. The van der Waals surface area contributed by atoms with Gasteiger partial charge >= 0.3 is 5.97 Å². The van der Waals surface area contributed by atoms with Crippen molar-refractivity contribution in [1.82, 2.24) is 9.72 Å². The fraction of sp³-hybridized carbons (Fsp3) is 0.267. The Morgan fingerprint density at radius 1 is 1.24 bits per heavy atom. The Labute approximate surface area is 121 Å². The second-order valence-electron chi connectivity index (χ2n) is 4.50. The molecule has 0 saturated carbocycles. The van der Waals surface area contributed by atoms with Gasteiger partial charge in [-0.1, -0.05) is 6.92 Å². The van der Waals surface area contributed by atoms with Gasteiger partial charge in [0.2, 0.25) is 5.91 Å². The molecule has 0 unspecified atom stereocenters. The van der Waals surface area contributed by atoms with Crippen molar-refractivity contribution in [1.29, 1.82) is 0 Å². The van der Waals surface area contributed by atoms with Gasteiger partial charge < -0.3 is 14.5 Å². The Bertz CT molecular complexity index is 703. The molecular formula is C15H16N2O4. The van der Waals surface area contributed by atoms with Crippen molar-refractivity contribution < 1.29 is 19.1 Å². The van der Waals surface area contributed by atoms with E-state index >= 15 is 0 Å². The molecule has 1 N–H and O–H groups in total. The van der Waals surface area contributed by atoms with Crippen LogP contribution in [0.15, 0.2) is 30.6 Å². The third-order valence-corrected chi connectivity index (χ3v) is 2.96. The van der Waals surface area contributed by atoms with Crippen LogP contribution in [-0.4, -0.2) is 28.6 Å². The molecule has 2 heterocycles. The fourth-order valence-corrected chi connectivity index (χ4v) is 1.99. The molecule has 2 rings (SSSR count). The predicted octanol–water partition coefficient (Wildman–Crippen LogP) is 1.57. The quantitative estimate of drug-likeness (QED) is 0.669. The second-order valence-corrected chi connectivity index (χ2v) is 4.50. The lowest BCUT2D eigenvalue weighted by atomic mass is 10.1. The highest BCUT2D eigenvalue weighted by Crippen LogP contribution is 2.25. The molecule has 21 heavy (non-hydrogen) atoms. The molecule has 0 saturated heterocycles. The highest BCUT2D eigenvalue weighted by atomic mass is 16.5. The molecule has 0 spiro atoms. The van der Waals surface area contributed by atoms with Crippen LogP contribution in [0, 0.1) is 0 Å². The maximum absolute atomic E-state index is 12.2. The number of nitrogens with zero attached hydrogens (tertiary/aromatic N) is 1. The Morgan fingerprint density at radius 3 is 2.67 bits per heavy atom. The predicted molar refractivity (Wildman–Crippen MR) is 76.3 cm³/mol. The van der Waals surface area contributed by atoms with Gasteiger partial charge in [0.05, 0.1) is 12.1 Å². The lowest BCUT2D eigenvalue weighted by molar-refractivity contribution is -0.131. The molecule has 2 aromatic heterocycles. The smallest absolute Gasteiger partial charge is 0.308 e. The number of amides is 1. The first-order valence-corrected chi connectivity index (χ1v) is 6.61. The molecule has 0 aromatic carbocycles. The molecule has 6 nitrogen and oxygen atoms in total. The number of aromatic nitrogens is 1. The van der Waals surface area contributed by atoms with Crippen LogP contribution in [0.1, 0.15) is 30.6 Å².